The molecule has 186 valence electrons. The van der Waals surface area contributed by atoms with Crippen LogP contribution in [0, 0.1) is 0 Å². The number of furan rings is 1. The third-order valence-corrected chi connectivity index (χ3v) is 7.39. The number of alkyl halides is 3. The van der Waals surface area contributed by atoms with E-state index in [1.165, 1.54) is 17.8 Å². The molecule has 2 aromatic carbocycles. The molecule has 0 spiro atoms. The van der Waals surface area contributed by atoms with E-state index in [2.05, 4.69) is 4.99 Å². The molecule has 5 nitrogen and oxygen atoms in total. The number of halogens is 5. The van der Waals surface area contributed by atoms with E-state index in [-0.39, 0.29) is 5.91 Å². The van der Waals surface area contributed by atoms with Gasteiger partial charge < -0.3 is 14.2 Å². The first-order valence-corrected chi connectivity index (χ1v) is 12.5. The normalized spacial score (nSPS) is 17.8. The van der Waals surface area contributed by atoms with Crippen LogP contribution in [-0.4, -0.2) is 42.2 Å². The first-order chi connectivity index (χ1) is 17.2. The smallest absolute Gasteiger partial charge is 0.416 e. The molecule has 3 heterocycles. The zero-order chi connectivity index (χ0) is 25.4. The van der Waals surface area contributed by atoms with Gasteiger partial charge in [-0.2, -0.15) is 18.2 Å². The predicted octanol–water partition coefficient (Wildman–Crippen LogP) is 7.06. The van der Waals surface area contributed by atoms with Crippen LogP contribution in [0.5, 0.6) is 0 Å². The van der Waals surface area contributed by atoms with Crippen molar-refractivity contribution in [1.82, 2.24) is 4.90 Å². The van der Waals surface area contributed by atoms with Crippen molar-refractivity contribution in [3.05, 3.63) is 80.9 Å². The molecule has 5 rings (SSSR count). The SMILES string of the molecule is O=C1N=C(N2CCN(c3cccc(C(F)(F)F)c3)CC2)S/C1=C/c1ccc(-c2ccc(Cl)cc2Cl)o1. The highest BCUT2D eigenvalue weighted by molar-refractivity contribution is 8.18. The summed E-state index contributed by atoms with van der Waals surface area (Å²) < 4.78 is 45.0. The maximum atomic E-state index is 13.1. The van der Waals surface area contributed by atoms with Gasteiger partial charge in [-0.05, 0) is 60.3 Å². The number of carbonyl (C=O) groups excluding carboxylic acids is 1. The molecule has 0 atom stereocenters. The lowest BCUT2D eigenvalue weighted by atomic mass is 10.1. The van der Waals surface area contributed by atoms with E-state index in [0.717, 1.165) is 12.1 Å². The molecule has 0 bridgehead atoms. The molecule has 0 aliphatic carbocycles. The molecular formula is C25H18Cl2F3N3O2S. The quantitative estimate of drug-likeness (QED) is 0.326. The van der Waals surface area contributed by atoms with Crippen LogP contribution in [0.15, 0.2) is 68.9 Å². The fourth-order valence-electron chi connectivity index (χ4n) is 3.96. The first kappa shape index (κ1) is 24.8. The summed E-state index contributed by atoms with van der Waals surface area (Å²) in [6, 6.07) is 13.9. The lowest BCUT2D eigenvalue weighted by molar-refractivity contribution is -0.137. The third-order valence-electron chi connectivity index (χ3n) is 5.79. The fraction of sp³-hybridized carbons (Fsp3) is 0.200. The van der Waals surface area contributed by atoms with Crippen molar-refractivity contribution in [2.45, 2.75) is 6.18 Å². The van der Waals surface area contributed by atoms with E-state index in [0.29, 0.717) is 69.1 Å². The average Bonchev–Trinajstić information content (AvgIpc) is 3.45. The number of hydrogen-bond acceptors (Lipinski definition) is 5. The zero-order valence-electron chi connectivity index (χ0n) is 18.6. The highest BCUT2D eigenvalue weighted by atomic mass is 35.5. The number of nitrogens with zero attached hydrogens (tertiary/aromatic N) is 3. The summed E-state index contributed by atoms with van der Waals surface area (Å²) in [5.41, 5.74) is 0.543. The minimum Gasteiger partial charge on any atom is -0.457 e. The highest BCUT2D eigenvalue weighted by Crippen LogP contribution is 2.35. The Bertz CT molecular complexity index is 1380. The van der Waals surface area contributed by atoms with Gasteiger partial charge >= 0.3 is 6.18 Å². The summed E-state index contributed by atoms with van der Waals surface area (Å²) in [5.74, 6) is 0.668. The van der Waals surface area contributed by atoms with Crippen molar-refractivity contribution in [2.24, 2.45) is 4.99 Å². The number of aliphatic imine (C=N–C) groups is 1. The summed E-state index contributed by atoms with van der Waals surface area (Å²) in [5, 5.41) is 1.55. The van der Waals surface area contributed by atoms with Crippen LogP contribution in [-0.2, 0) is 11.0 Å². The molecule has 36 heavy (non-hydrogen) atoms. The highest BCUT2D eigenvalue weighted by Gasteiger charge is 2.32. The molecule has 1 fully saturated rings. The van der Waals surface area contributed by atoms with Gasteiger partial charge in [0, 0.05) is 48.5 Å². The van der Waals surface area contributed by atoms with Gasteiger partial charge in [0.2, 0.25) is 0 Å². The summed E-state index contributed by atoms with van der Waals surface area (Å²) in [6.07, 6.45) is -2.75. The van der Waals surface area contributed by atoms with E-state index in [4.69, 9.17) is 27.6 Å². The largest absolute Gasteiger partial charge is 0.457 e. The number of anilines is 1. The van der Waals surface area contributed by atoms with Crippen molar-refractivity contribution in [3.8, 4) is 11.3 Å². The van der Waals surface area contributed by atoms with Gasteiger partial charge in [-0.15, -0.1) is 0 Å². The summed E-state index contributed by atoms with van der Waals surface area (Å²) in [7, 11) is 0. The van der Waals surface area contributed by atoms with Crippen LogP contribution < -0.4 is 4.90 Å². The summed E-state index contributed by atoms with van der Waals surface area (Å²) in [6.45, 7) is 2.08. The molecule has 1 amide bonds. The molecule has 0 N–H and O–H groups in total. The van der Waals surface area contributed by atoms with E-state index in [9.17, 15) is 18.0 Å². The zero-order valence-corrected chi connectivity index (χ0v) is 20.9. The Morgan fingerprint density at radius 3 is 2.44 bits per heavy atom. The Hall–Kier alpha value is -2.88. The Labute approximate surface area is 219 Å². The van der Waals surface area contributed by atoms with E-state index in [1.54, 1.807) is 42.5 Å². The number of piperazine rings is 1. The Balaban J connectivity index is 1.23. The monoisotopic (exact) mass is 551 g/mol. The lowest BCUT2D eigenvalue weighted by Gasteiger charge is -2.36. The molecule has 0 unspecified atom stereocenters. The molecule has 2 aliphatic heterocycles. The van der Waals surface area contributed by atoms with Crippen molar-refractivity contribution >= 4 is 57.8 Å². The standard InChI is InChI=1S/C25H18Cl2F3N3O2S/c26-16-4-6-19(20(27)13-16)21-7-5-18(35-21)14-22-23(34)31-24(36-22)33-10-8-32(9-11-33)17-3-1-2-15(12-17)25(28,29)30/h1-7,12-14H,8-11H2/b22-14+. The lowest BCUT2D eigenvalue weighted by Crippen LogP contribution is -2.47. The molecule has 3 aromatic rings. The second-order valence-electron chi connectivity index (χ2n) is 8.16. The maximum absolute atomic E-state index is 13.1. The molecular weight excluding hydrogens is 534 g/mol. The van der Waals surface area contributed by atoms with Gasteiger partial charge in [0.25, 0.3) is 5.91 Å². The summed E-state index contributed by atoms with van der Waals surface area (Å²) in [4.78, 5) is 21.0. The second-order valence-corrected chi connectivity index (χ2v) is 10.0. The number of thioether (sulfide) groups is 1. The number of carbonyl (C=O) groups is 1. The number of hydrogen-bond donors (Lipinski definition) is 0. The van der Waals surface area contributed by atoms with Crippen LogP contribution >= 0.6 is 35.0 Å². The van der Waals surface area contributed by atoms with Gasteiger partial charge in [0.1, 0.15) is 11.5 Å². The average molecular weight is 552 g/mol. The van der Waals surface area contributed by atoms with Crippen LogP contribution in [0.3, 0.4) is 0 Å². The topological polar surface area (TPSA) is 49.1 Å². The van der Waals surface area contributed by atoms with Gasteiger partial charge in [-0.3, -0.25) is 4.79 Å². The Morgan fingerprint density at radius 1 is 0.972 bits per heavy atom. The minimum absolute atomic E-state index is 0.363. The molecule has 1 aromatic heterocycles. The molecule has 2 aliphatic rings. The summed E-state index contributed by atoms with van der Waals surface area (Å²) >= 11 is 13.5. The van der Waals surface area contributed by atoms with E-state index >= 15 is 0 Å². The predicted molar refractivity (Wildman–Crippen MR) is 137 cm³/mol. The third kappa shape index (κ3) is 5.28. The van der Waals surface area contributed by atoms with Gasteiger partial charge in [0.05, 0.1) is 15.5 Å². The van der Waals surface area contributed by atoms with Crippen molar-refractivity contribution in [2.75, 3.05) is 31.1 Å². The molecule has 0 radical (unpaired) electrons. The Kier molecular flexibility index (Phi) is 6.80. The van der Waals surface area contributed by atoms with Gasteiger partial charge in [-0.1, -0.05) is 29.3 Å². The van der Waals surface area contributed by atoms with Crippen molar-refractivity contribution in [1.29, 1.82) is 0 Å². The molecule has 11 heteroatoms. The fourth-order valence-corrected chi connectivity index (χ4v) is 5.41. The van der Waals surface area contributed by atoms with Crippen LogP contribution in [0.2, 0.25) is 10.0 Å². The molecule has 0 saturated carbocycles. The van der Waals surface area contributed by atoms with Crippen molar-refractivity contribution in [3.63, 3.8) is 0 Å². The number of rotatable bonds is 3. The second kappa shape index (κ2) is 9.88. The molecule has 1 saturated heterocycles. The number of amides is 1. The van der Waals surface area contributed by atoms with Gasteiger partial charge in [0.15, 0.2) is 5.17 Å². The van der Waals surface area contributed by atoms with Crippen LogP contribution in [0.4, 0.5) is 18.9 Å². The number of benzene rings is 2. The van der Waals surface area contributed by atoms with Gasteiger partial charge in [-0.25, -0.2) is 0 Å². The first-order valence-electron chi connectivity index (χ1n) is 10.9. The minimum atomic E-state index is -4.38. The van der Waals surface area contributed by atoms with Crippen molar-refractivity contribution < 1.29 is 22.4 Å². The van der Waals surface area contributed by atoms with Crippen LogP contribution in [0.25, 0.3) is 17.4 Å². The Morgan fingerprint density at radius 2 is 1.72 bits per heavy atom. The van der Waals surface area contributed by atoms with Crippen LogP contribution in [0.1, 0.15) is 11.3 Å². The van der Waals surface area contributed by atoms with E-state index in [1.807, 2.05) is 9.80 Å². The maximum Gasteiger partial charge on any atom is 0.416 e. The number of amidine groups is 1. The van der Waals surface area contributed by atoms with E-state index < -0.39 is 11.7 Å².